The van der Waals surface area contributed by atoms with Crippen LogP contribution in [0.4, 0.5) is 0 Å². The summed E-state index contributed by atoms with van der Waals surface area (Å²) in [6.07, 6.45) is 59.7. The van der Waals surface area contributed by atoms with E-state index in [1.54, 1.807) is 0 Å². The van der Waals surface area contributed by atoms with Crippen LogP contribution in [0, 0.1) is 0 Å². The maximum absolute atomic E-state index is 12.5. The third kappa shape index (κ3) is 42.5. The summed E-state index contributed by atoms with van der Waals surface area (Å²) in [5.74, 6) is -0.981. The molecule has 0 aromatic rings. The van der Waals surface area contributed by atoms with Gasteiger partial charge in [-0.25, -0.2) is 0 Å². The van der Waals surface area contributed by atoms with Gasteiger partial charge >= 0.3 is 0 Å². The van der Waals surface area contributed by atoms with Crippen LogP contribution in [0.3, 0.4) is 0 Å². The molecule has 316 valence electrons. The summed E-state index contributed by atoms with van der Waals surface area (Å²) in [4.78, 5) is 12.5. The summed E-state index contributed by atoms with van der Waals surface area (Å²) < 4.78 is 32.6. The molecule has 0 aliphatic rings. The summed E-state index contributed by atoms with van der Waals surface area (Å²) in [7, 11) is -4.34. The van der Waals surface area contributed by atoms with E-state index in [1.165, 1.54) is 89.9 Å². The lowest BCUT2D eigenvalue weighted by Gasteiger charge is -2.23. The SMILES string of the molecule is CC/C=C\C/C=C\C/C=C\C/C=C\C/C=C\C/C=C\C/C=C\CCCC(=O)NC(CS(=O)(=O)O)C(O)CCCCCCCCCCCCCCCCCCC. The predicted molar refractivity (Wildman–Crippen MR) is 239 cm³/mol. The number of hydrogen-bond donors (Lipinski definition) is 3. The molecule has 0 saturated carbocycles. The Labute approximate surface area is 339 Å². The van der Waals surface area contributed by atoms with E-state index >= 15 is 0 Å². The van der Waals surface area contributed by atoms with E-state index in [0.717, 1.165) is 70.6 Å². The molecule has 55 heavy (non-hydrogen) atoms. The maximum Gasteiger partial charge on any atom is 0.266 e. The fourth-order valence-corrected chi connectivity index (χ4v) is 7.08. The van der Waals surface area contributed by atoms with Gasteiger partial charge in [0.25, 0.3) is 10.1 Å². The average Bonchev–Trinajstić information content (AvgIpc) is 3.15. The molecule has 3 N–H and O–H groups in total. The van der Waals surface area contributed by atoms with Crippen molar-refractivity contribution >= 4 is 16.0 Å². The van der Waals surface area contributed by atoms with Crippen molar-refractivity contribution in [2.75, 3.05) is 5.75 Å². The number of aliphatic hydroxyl groups is 1. The molecule has 2 atom stereocenters. The van der Waals surface area contributed by atoms with E-state index < -0.39 is 28.0 Å². The zero-order chi connectivity index (χ0) is 40.3. The van der Waals surface area contributed by atoms with E-state index in [1.807, 2.05) is 0 Å². The number of nitrogens with one attached hydrogen (secondary N) is 1. The summed E-state index contributed by atoms with van der Waals surface area (Å²) in [5.41, 5.74) is 0. The molecule has 0 aliphatic heterocycles. The molecule has 0 aromatic heterocycles. The van der Waals surface area contributed by atoms with Crippen molar-refractivity contribution in [3.63, 3.8) is 0 Å². The molecular weight excluding hydrogens is 703 g/mol. The zero-order valence-electron chi connectivity index (χ0n) is 35.3. The zero-order valence-corrected chi connectivity index (χ0v) is 36.1. The van der Waals surface area contributed by atoms with Crippen LogP contribution in [0.1, 0.15) is 194 Å². The largest absolute Gasteiger partial charge is 0.391 e. The Kier molecular flexibility index (Phi) is 39.3. The number of carbonyl (C=O) groups excluding carboxylic acids is 1. The standard InChI is InChI=1S/C48H83NO5S/c1-3-5-7-9-11-13-15-17-19-21-22-23-24-25-26-28-30-32-34-36-38-40-42-44-48(51)49-46(45-55(52,53)54)47(50)43-41-39-37-35-33-31-29-27-20-18-16-14-12-10-8-6-4-2/h5,7,11,13,17,19,22-23,25-26,30,32,36,38,46-47,50H,3-4,6,8-10,12,14-16,18,20-21,24,27-29,31,33-35,37,39-45H2,1-2H3,(H,49,51)(H,52,53,54)/b7-5-,13-11-,19-17-,23-22-,26-25-,32-30-,38-36-. The molecule has 0 spiro atoms. The smallest absolute Gasteiger partial charge is 0.266 e. The third-order valence-electron chi connectivity index (χ3n) is 9.61. The Morgan fingerprint density at radius 1 is 0.509 bits per heavy atom. The molecule has 0 saturated heterocycles. The second kappa shape index (κ2) is 41.2. The highest BCUT2D eigenvalue weighted by Crippen LogP contribution is 2.16. The number of carbonyl (C=O) groups is 1. The Bertz CT molecular complexity index is 1180. The normalized spacial score (nSPS) is 14.0. The first-order chi connectivity index (χ1) is 26.8. The van der Waals surface area contributed by atoms with E-state index in [4.69, 9.17) is 0 Å². The molecule has 2 unspecified atom stereocenters. The summed E-state index contributed by atoms with van der Waals surface area (Å²) in [6.45, 7) is 4.41. The fraction of sp³-hybridized carbons (Fsp3) is 0.688. The maximum atomic E-state index is 12.5. The van der Waals surface area contributed by atoms with Crippen molar-refractivity contribution in [2.45, 2.75) is 206 Å². The van der Waals surface area contributed by atoms with Gasteiger partial charge in [-0.05, 0) is 64.2 Å². The van der Waals surface area contributed by atoms with Gasteiger partial charge in [0, 0.05) is 6.42 Å². The predicted octanol–water partition coefficient (Wildman–Crippen LogP) is 13.6. The lowest BCUT2D eigenvalue weighted by Crippen LogP contribution is -2.47. The molecule has 0 rings (SSSR count). The van der Waals surface area contributed by atoms with Crippen molar-refractivity contribution in [1.29, 1.82) is 0 Å². The first kappa shape index (κ1) is 52.5. The lowest BCUT2D eigenvalue weighted by atomic mass is 10.0. The molecule has 0 radical (unpaired) electrons. The highest BCUT2D eigenvalue weighted by Gasteiger charge is 2.26. The van der Waals surface area contributed by atoms with Crippen LogP contribution in [0.25, 0.3) is 0 Å². The van der Waals surface area contributed by atoms with Gasteiger partial charge < -0.3 is 10.4 Å². The molecule has 0 aliphatic carbocycles. The van der Waals surface area contributed by atoms with Crippen molar-refractivity contribution in [3.05, 3.63) is 85.1 Å². The molecule has 6 nitrogen and oxygen atoms in total. The van der Waals surface area contributed by atoms with Crippen LogP contribution in [0.15, 0.2) is 85.1 Å². The minimum absolute atomic E-state index is 0.234. The second-order valence-electron chi connectivity index (χ2n) is 14.9. The number of hydrogen-bond acceptors (Lipinski definition) is 4. The summed E-state index contributed by atoms with van der Waals surface area (Å²) in [5, 5.41) is 13.3. The Balaban J connectivity index is 3.98. The number of allylic oxidation sites excluding steroid dienone is 14. The highest BCUT2D eigenvalue weighted by molar-refractivity contribution is 7.85. The van der Waals surface area contributed by atoms with E-state index in [0.29, 0.717) is 12.8 Å². The highest BCUT2D eigenvalue weighted by atomic mass is 32.2. The van der Waals surface area contributed by atoms with E-state index in [9.17, 15) is 22.9 Å². The van der Waals surface area contributed by atoms with Crippen LogP contribution in [-0.4, -0.2) is 41.9 Å². The fourth-order valence-electron chi connectivity index (χ4n) is 6.33. The van der Waals surface area contributed by atoms with Crippen molar-refractivity contribution in [2.24, 2.45) is 0 Å². The van der Waals surface area contributed by atoms with Gasteiger partial charge in [-0.1, -0.05) is 208 Å². The number of aliphatic hydroxyl groups excluding tert-OH is 1. The third-order valence-corrected chi connectivity index (χ3v) is 10.4. The van der Waals surface area contributed by atoms with Crippen molar-refractivity contribution < 1.29 is 22.9 Å². The molecular formula is C48H83NO5S. The molecule has 0 fully saturated rings. The van der Waals surface area contributed by atoms with Crippen LogP contribution in [-0.2, 0) is 14.9 Å². The number of rotatable bonds is 39. The quantitative estimate of drug-likeness (QED) is 0.0327. The first-order valence-electron chi connectivity index (χ1n) is 22.3. The molecule has 0 bridgehead atoms. The number of unbranched alkanes of at least 4 members (excludes halogenated alkanes) is 17. The van der Waals surface area contributed by atoms with Crippen molar-refractivity contribution in [1.82, 2.24) is 5.32 Å². The summed E-state index contributed by atoms with van der Waals surface area (Å²) >= 11 is 0. The molecule has 0 heterocycles. The monoisotopic (exact) mass is 786 g/mol. The first-order valence-corrected chi connectivity index (χ1v) is 23.9. The van der Waals surface area contributed by atoms with E-state index in [2.05, 4.69) is 104 Å². The summed E-state index contributed by atoms with van der Waals surface area (Å²) in [6, 6.07) is -1.01. The van der Waals surface area contributed by atoms with Crippen LogP contribution >= 0.6 is 0 Å². The molecule has 7 heteroatoms. The van der Waals surface area contributed by atoms with Crippen LogP contribution < -0.4 is 5.32 Å². The van der Waals surface area contributed by atoms with E-state index in [-0.39, 0.29) is 12.3 Å². The Hall–Kier alpha value is -2.48. The van der Waals surface area contributed by atoms with Gasteiger partial charge in [-0.15, -0.1) is 0 Å². The number of amides is 1. The topological polar surface area (TPSA) is 104 Å². The molecule has 1 amide bonds. The van der Waals surface area contributed by atoms with Gasteiger partial charge in [0.15, 0.2) is 0 Å². The van der Waals surface area contributed by atoms with Gasteiger partial charge in [0.05, 0.1) is 17.9 Å². The minimum atomic E-state index is -4.34. The Morgan fingerprint density at radius 2 is 0.855 bits per heavy atom. The van der Waals surface area contributed by atoms with Crippen molar-refractivity contribution in [3.8, 4) is 0 Å². The molecule has 0 aromatic carbocycles. The average molecular weight is 786 g/mol. The van der Waals surface area contributed by atoms with Gasteiger partial charge in [0.1, 0.15) is 0 Å². The van der Waals surface area contributed by atoms with Gasteiger partial charge in [-0.3, -0.25) is 9.35 Å². The van der Waals surface area contributed by atoms with Gasteiger partial charge in [0.2, 0.25) is 5.91 Å². The van der Waals surface area contributed by atoms with Gasteiger partial charge in [-0.2, -0.15) is 8.42 Å². The second-order valence-corrected chi connectivity index (χ2v) is 16.4. The Morgan fingerprint density at radius 3 is 1.22 bits per heavy atom. The van der Waals surface area contributed by atoms with Crippen LogP contribution in [0.2, 0.25) is 0 Å². The minimum Gasteiger partial charge on any atom is -0.391 e. The lowest BCUT2D eigenvalue weighted by molar-refractivity contribution is -0.122. The van der Waals surface area contributed by atoms with Crippen LogP contribution in [0.5, 0.6) is 0 Å².